The van der Waals surface area contributed by atoms with Crippen LogP contribution in [0.1, 0.15) is 18.0 Å². The minimum absolute atomic E-state index is 0.0145. The SMILES string of the molecule is CNC(c1cccc(O)c1)C1CCS(=O)(=O)C1. The summed E-state index contributed by atoms with van der Waals surface area (Å²) in [6.07, 6.45) is 0.684. The van der Waals surface area contributed by atoms with Gasteiger partial charge in [0.2, 0.25) is 0 Å². The summed E-state index contributed by atoms with van der Waals surface area (Å²) in [5, 5.41) is 12.6. The first-order valence-electron chi connectivity index (χ1n) is 5.68. The van der Waals surface area contributed by atoms with Gasteiger partial charge >= 0.3 is 0 Å². The summed E-state index contributed by atoms with van der Waals surface area (Å²) in [5.41, 5.74) is 0.939. The van der Waals surface area contributed by atoms with E-state index in [1.165, 1.54) is 0 Å². The van der Waals surface area contributed by atoms with Crippen LogP contribution in [-0.4, -0.2) is 32.1 Å². The van der Waals surface area contributed by atoms with Gasteiger partial charge < -0.3 is 10.4 Å². The van der Waals surface area contributed by atoms with Gasteiger partial charge in [-0.3, -0.25) is 0 Å². The molecule has 0 saturated carbocycles. The van der Waals surface area contributed by atoms with E-state index in [1.807, 2.05) is 13.1 Å². The van der Waals surface area contributed by atoms with Gasteiger partial charge in [0.05, 0.1) is 11.5 Å². The highest BCUT2D eigenvalue weighted by atomic mass is 32.2. The quantitative estimate of drug-likeness (QED) is 0.848. The van der Waals surface area contributed by atoms with Crippen LogP contribution < -0.4 is 5.32 Å². The minimum atomic E-state index is -2.87. The number of aromatic hydroxyl groups is 1. The lowest BCUT2D eigenvalue weighted by Crippen LogP contribution is -2.26. The highest BCUT2D eigenvalue weighted by Gasteiger charge is 2.33. The van der Waals surface area contributed by atoms with Crippen molar-refractivity contribution in [3.05, 3.63) is 29.8 Å². The molecule has 0 radical (unpaired) electrons. The fourth-order valence-electron chi connectivity index (χ4n) is 2.48. The van der Waals surface area contributed by atoms with Crippen molar-refractivity contribution in [2.24, 2.45) is 5.92 Å². The first-order valence-corrected chi connectivity index (χ1v) is 7.50. The van der Waals surface area contributed by atoms with Crippen molar-refractivity contribution >= 4 is 9.84 Å². The molecule has 5 heteroatoms. The standard InChI is InChI=1S/C12H17NO3S/c1-13-12(9-3-2-4-11(14)7-9)10-5-6-17(15,16)8-10/h2-4,7,10,12-14H,5-6,8H2,1H3. The zero-order valence-electron chi connectivity index (χ0n) is 9.76. The van der Waals surface area contributed by atoms with E-state index < -0.39 is 9.84 Å². The Hall–Kier alpha value is -1.07. The molecule has 1 saturated heterocycles. The molecule has 4 nitrogen and oxygen atoms in total. The van der Waals surface area contributed by atoms with Crippen LogP contribution in [0.4, 0.5) is 0 Å². The van der Waals surface area contributed by atoms with Crippen molar-refractivity contribution in [3.63, 3.8) is 0 Å². The Morgan fingerprint density at radius 2 is 2.24 bits per heavy atom. The topological polar surface area (TPSA) is 66.4 Å². The second-order valence-corrected chi connectivity index (χ2v) is 6.75. The number of phenols is 1. The predicted octanol–water partition coefficient (Wildman–Crippen LogP) is 1.09. The van der Waals surface area contributed by atoms with Crippen LogP contribution in [0.25, 0.3) is 0 Å². The van der Waals surface area contributed by atoms with Crippen molar-refractivity contribution in [1.82, 2.24) is 5.32 Å². The summed E-state index contributed by atoms with van der Waals surface area (Å²) in [6, 6.07) is 6.97. The van der Waals surface area contributed by atoms with Crippen LogP contribution in [0.3, 0.4) is 0 Å². The van der Waals surface area contributed by atoms with Crippen LogP contribution in [0.15, 0.2) is 24.3 Å². The largest absolute Gasteiger partial charge is 0.508 e. The Bertz CT molecular complexity index is 498. The number of hydrogen-bond acceptors (Lipinski definition) is 4. The molecule has 0 bridgehead atoms. The van der Waals surface area contributed by atoms with E-state index in [9.17, 15) is 13.5 Å². The molecule has 1 heterocycles. The molecule has 2 unspecified atom stereocenters. The fourth-order valence-corrected chi connectivity index (χ4v) is 4.32. The lowest BCUT2D eigenvalue weighted by atomic mass is 9.92. The molecule has 1 aromatic rings. The predicted molar refractivity (Wildman–Crippen MR) is 66.7 cm³/mol. The molecule has 2 rings (SSSR count). The molecule has 1 aliphatic heterocycles. The molecular weight excluding hydrogens is 238 g/mol. The van der Waals surface area contributed by atoms with E-state index in [-0.39, 0.29) is 29.2 Å². The molecule has 94 valence electrons. The molecule has 2 N–H and O–H groups in total. The lowest BCUT2D eigenvalue weighted by Gasteiger charge is -2.22. The van der Waals surface area contributed by atoms with E-state index in [4.69, 9.17) is 0 Å². The maximum Gasteiger partial charge on any atom is 0.150 e. The first kappa shape index (κ1) is 12.4. The second-order valence-electron chi connectivity index (χ2n) is 4.52. The van der Waals surface area contributed by atoms with Gasteiger partial charge in [0.25, 0.3) is 0 Å². The van der Waals surface area contributed by atoms with Gasteiger partial charge in [-0.1, -0.05) is 12.1 Å². The molecular formula is C12H17NO3S. The van der Waals surface area contributed by atoms with Gasteiger partial charge in [-0.05, 0) is 37.1 Å². The number of hydrogen-bond donors (Lipinski definition) is 2. The van der Waals surface area contributed by atoms with Gasteiger partial charge in [0, 0.05) is 6.04 Å². The maximum absolute atomic E-state index is 11.5. The third-order valence-electron chi connectivity index (χ3n) is 3.28. The third kappa shape index (κ3) is 2.79. The van der Waals surface area contributed by atoms with E-state index in [0.29, 0.717) is 6.42 Å². The maximum atomic E-state index is 11.5. The third-order valence-corrected chi connectivity index (χ3v) is 5.07. The van der Waals surface area contributed by atoms with Crippen molar-refractivity contribution in [3.8, 4) is 5.75 Å². The number of nitrogens with one attached hydrogen (secondary N) is 1. The first-order chi connectivity index (χ1) is 8.02. The number of sulfone groups is 1. The Morgan fingerprint density at radius 3 is 2.76 bits per heavy atom. The lowest BCUT2D eigenvalue weighted by molar-refractivity contribution is 0.415. The van der Waals surface area contributed by atoms with Crippen molar-refractivity contribution in [2.75, 3.05) is 18.6 Å². The van der Waals surface area contributed by atoms with Gasteiger partial charge in [-0.25, -0.2) is 8.42 Å². The summed E-state index contributed by atoms with van der Waals surface area (Å²) in [6.45, 7) is 0. The number of benzene rings is 1. The van der Waals surface area contributed by atoms with Gasteiger partial charge in [-0.15, -0.1) is 0 Å². The minimum Gasteiger partial charge on any atom is -0.508 e. The summed E-state index contributed by atoms with van der Waals surface area (Å²) < 4.78 is 23.0. The molecule has 1 fully saturated rings. The van der Waals surface area contributed by atoms with Gasteiger partial charge in [0.15, 0.2) is 9.84 Å². The zero-order chi connectivity index (χ0) is 12.5. The Kier molecular flexibility index (Phi) is 3.40. The molecule has 17 heavy (non-hydrogen) atoms. The fraction of sp³-hybridized carbons (Fsp3) is 0.500. The average Bonchev–Trinajstić information content (AvgIpc) is 2.60. The normalized spacial score (nSPS) is 24.6. The van der Waals surface area contributed by atoms with E-state index in [2.05, 4.69) is 5.32 Å². The molecule has 0 amide bonds. The summed E-state index contributed by atoms with van der Waals surface area (Å²) >= 11 is 0. The summed E-state index contributed by atoms with van der Waals surface area (Å²) in [7, 11) is -1.05. The molecule has 1 aliphatic rings. The average molecular weight is 255 g/mol. The highest BCUT2D eigenvalue weighted by Crippen LogP contribution is 2.32. The van der Waals surface area contributed by atoms with Crippen molar-refractivity contribution in [1.29, 1.82) is 0 Å². The van der Waals surface area contributed by atoms with E-state index >= 15 is 0 Å². The van der Waals surface area contributed by atoms with Crippen molar-refractivity contribution < 1.29 is 13.5 Å². The monoisotopic (exact) mass is 255 g/mol. The summed E-state index contributed by atoms with van der Waals surface area (Å²) in [5.74, 6) is 0.804. The van der Waals surface area contributed by atoms with Crippen LogP contribution in [-0.2, 0) is 9.84 Å². The van der Waals surface area contributed by atoms with Crippen LogP contribution in [0, 0.1) is 5.92 Å². The Balaban J connectivity index is 2.23. The highest BCUT2D eigenvalue weighted by molar-refractivity contribution is 7.91. The second kappa shape index (κ2) is 4.66. The zero-order valence-corrected chi connectivity index (χ0v) is 10.6. The molecule has 0 spiro atoms. The van der Waals surface area contributed by atoms with Crippen LogP contribution in [0.5, 0.6) is 5.75 Å². The molecule has 1 aromatic carbocycles. The number of rotatable bonds is 3. The van der Waals surface area contributed by atoms with Gasteiger partial charge in [-0.2, -0.15) is 0 Å². The van der Waals surface area contributed by atoms with Gasteiger partial charge in [0.1, 0.15) is 5.75 Å². The molecule has 0 aliphatic carbocycles. The van der Waals surface area contributed by atoms with Crippen LogP contribution in [0.2, 0.25) is 0 Å². The van der Waals surface area contributed by atoms with E-state index in [0.717, 1.165) is 5.56 Å². The van der Waals surface area contributed by atoms with Crippen molar-refractivity contribution in [2.45, 2.75) is 12.5 Å². The molecule has 2 atom stereocenters. The van der Waals surface area contributed by atoms with Crippen LogP contribution >= 0.6 is 0 Å². The number of phenolic OH excluding ortho intramolecular Hbond substituents is 1. The summed E-state index contributed by atoms with van der Waals surface area (Å²) in [4.78, 5) is 0. The Morgan fingerprint density at radius 1 is 1.47 bits per heavy atom. The van der Waals surface area contributed by atoms with E-state index in [1.54, 1.807) is 18.2 Å². The smallest absolute Gasteiger partial charge is 0.150 e. The molecule has 0 aromatic heterocycles. The Labute approximate surface area is 102 Å².